The molecule has 0 spiro atoms. The number of carbonyl (C=O) groups excluding carboxylic acids is 1. The standard InChI is InChI=1S/C22H26FNO3/c1-27-21(26)18-9-7-17(8-10-18)14-24-12-4-11-22(15-24,16-25)13-19-5-2-3-6-20(19)23/h2-3,5-10,25H,4,11-16H2,1H3/t22-/m0/s1. The molecule has 2 aromatic rings. The first-order valence-corrected chi connectivity index (χ1v) is 9.29. The van der Waals surface area contributed by atoms with Gasteiger partial charge in [-0.3, -0.25) is 4.90 Å². The molecule has 1 fully saturated rings. The van der Waals surface area contributed by atoms with Gasteiger partial charge in [0.05, 0.1) is 19.3 Å². The van der Waals surface area contributed by atoms with E-state index in [0.29, 0.717) is 17.5 Å². The number of halogens is 1. The van der Waals surface area contributed by atoms with Crippen LogP contribution in [0.1, 0.15) is 34.3 Å². The Morgan fingerprint density at radius 3 is 2.63 bits per heavy atom. The van der Waals surface area contributed by atoms with Crippen LogP contribution >= 0.6 is 0 Å². The highest BCUT2D eigenvalue weighted by atomic mass is 19.1. The molecule has 1 heterocycles. The Hall–Kier alpha value is -2.24. The van der Waals surface area contributed by atoms with Crippen LogP contribution < -0.4 is 0 Å². The lowest BCUT2D eigenvalue weighted by Gasteiger charge is -2.42. The molecule has 0 saturated carbocycles. The predicted octanol–water partition coefficient (Wildman–Crippen LogP) is 3.43. The van der Waals surface area contributed by atoms with Crippen molar-refractivity contribution < 1.29 is 19.0 Å². The summed E-state index contributed by atoms with van der Waals surface area (Å²) in [5.74, 6) is -0.551. The van der Waals surface area contributed by atoms with Gasteiger partial charge in [-0.2, -0.15) is 0 Å². The number of benzene rings is 2. The zero-order chi connectivity index (χ0) is 19.3. The number of piperidine rings is 1. The van der Waals surface area contributed by atoms with Crippen LogP contribution in [0.2, 0.25) is 0 Å². The summed E-state index contributed by atoms with van der Waals surface area (Å²) in [4.78, 5) is 13.8. The number of aliphatic hydroxyl groups is 1. The molecule has 0 unspecified atom stereocenters. The van der Waals surface area contributed by atoms with Crippen LogP contribution in [0.15, 0.2) is 48.5 Å². The van der Waals surface area contributed by atoms with Gasteiger partial charge in [0.25, 0.3) is 0 Å². The first-order valence-electron chi connectivity index (χ1n) is 9.29. The Kier molecular flexibility index (Phi) is 6.24. The fraction of sp³-hybridized carbons (Fsp3) is 0.409. The molecule has 5 heteroatoms. The van der Waals surface area contributed by atoms with Crippen molar-refractivity contribution in [2.24, 2.45) is 5.41 Å². The van der Waals surface area contributed by atoms with Crippen LogP contribution in [0.5, 0.6) is 0 Å². The van der Waals surface area contributed by atoms with E-state index < -0.39 is 0 Å². The van der Waals surface area contributed by atoms with E-state index in [1.165, 1.54) is 13.2 Å². The largest absolute Gasteiger partial charge is 0.465 e. The second-order valence-electron chi connectivity index (χ2n) is 7.43. The minimum absolute atomic E-state index is 0.0408. The Labute approximate surface area is 159 Å². The van der Waals surface area contributed by atoms with E-state index in [4.69, 9.17) is 4.74 Å². The van der Waals surface area contributed by atoms with Crippen LogP contribution in [0.3, 0.4) is 0 Å². The van der Waals surface area contributed by atoms with Gasteiger partial charge < -0.3 is 9.84 Å². The van der Waals surface area contributed by atoms with E-state index in [-0.39, 0.29) is 23.8 Å². The fourth-order valence-electron chi connectivity index (χ4n) is 3.94. The van der Waals surface area contributed by atoms with Gasteiger partial charge in [-0.15, -0.1) is 0 Å². The summed E-state index contributed by atoms with van der Waals surface area (Å²) in [6.07, 6.45) is 2.39. The zero-order valence-electron chi connectivity index (χ0n) is 15.7. The molecule has 27 heavy (non-hydrogen) atoms. The summed E-state index contributed by atoms with van der Waals surface area (Å²) < 4.78 is 18.8. The zero-order valence-corrected chi connectivity index (χ0v) is 15.7. The second kappa shape index (κ2) is 8.63. The molecule has 0 bridgehead atoms. The number of esters is 1. The summed E-state index contributed by atoms with van der Waals surface area (Å²) >= 11 is 0. The Bertz CT molecular complexity index is 777. The Morgan fingerprint density at radius 1 is 1.22 bits per heavy atom. The van der Waals surface area contributed by atoms with Crippen LogP contribution in [-0.2, 0) is 17.7 Å². The van der Waals surface area contributed by atoms with Gasteiger partial charge in [-0.05, 0) is 55.1 Å². The van der Waals surface area contributed by atoms with Crippen LogP contribution in [0.25, 0.3) is 0 Å². The van der Waals surface area contributed by atoms with Crippen molar-refractivity contribution in [2.45, 2.75) is 25.8 Å². The molecule has 144 valence electrons. The molecule has 0 aromatic heterocycles. The highest BCUT2D eigenvalue weighted by molar-refractivity contribution is 5.89. The number of nitrogens with zero attached hydrogens (tertiary/aromatic N) is 1. The summed E-state index contributed by atoms with van der Waals surface area (Å²) in [5.41, 5.74) is 1.97. The average Bonchev–Trinajstić information content (AvgIpc) is 2.70. The molecule has 1 N–H and O–H groups in total. The molecule has 4 nitrogen and oxygen atoms in total. The lowest BCUT2D eigenvalue weighted by atomic mass is 9.75. The van der Waals surface area contributed by atoms with E-state index in [1.54, 1.807) is 24.3 Å². The number of hydrogen-bond acceptors (Lipinski definition) is 4. The van der Waals surface area contributed by atoms with E-state index >= 15 is 0 Å². The van der Waals surface area contributed by atoms with Gasteiger partial charge in [0.15, 0.2) is 0 Å². The monoisotopic (exact) mass is 371 g/mol. The molecular formula is C22H26FNO3. The van der Waals surface area contributed by atoms with E-state index in [1.807, 2.05) is 18.2 Å². The predicted molar refractivity (Wildman–Crippen MR) is 102 cm³/mol. The van der Waals surface area contributed by atoms with Crippen molar-refractivity contribution >= 4 is 5.97 Å². The van der Waals surface area contributed by atoms with Crippen molar-refractivity contribution in [3.8, 4) is 0 Å². The van der Waals surface area contributed by atoms with E-state index in [2.05, 4.69) is 4.90 Å². The van der Waals surface area contributed by atoms with E-state index in [0.717, 1.165) is 38.0 Å². The molecule has 1 atom stereocenters. The lowest BCUT2D eigenvalue weighted by molar-refractivity contribution is 0.0283. The third-order valence-electron chi connectivity index (χ3n) is 5.38. The van der Waals surface area contributed by atoms with E-state index in [9.17, 15) is 14.3 Å². The third-order valence-corrected chi connectivity index (χ3v) is 5.38. The highest BCUT2D eigenvalue weighted by Gasteiger charge is 2.35. The Morgan fingerprint density at radius 2 is 1.96 bits per heavy atom. The molecule has 3 rings (SSSR count). The molecule has 1 aliphatic rings. The minimum Gasteiger partial charge on any atom is -0.465 e. The number of rotatable bonds is 6. The minimum atomic E-state index is -0.344. The molecule has 1 saturated heterocycles. The first-order chi connectivity index (χ1) is 13.0. The van der Waals surface area contributed by atoms with Crippen LogP contribution in [0.4, 0.5) is 4.39 Å². The van der Waals surface area contributed by atoms with Gasteiger partial charge in [0, 0.05) is 18.5 Å². The number of likely N-dealkylation sites (tertiary alicyclic amines) is 1. The van der Waals surface area contributed by atoms with Crippen molar-refractivity contribution in [3.63, 3.8) is 0 Å². The van der Waals surface area contributed by atoms with Gasteiger partial charge in [0.1, 0.15) is 5.82 Å². The maximum atomic E-state index is 14.1. The molecule has 0 aliphatic carbocycles. The molecular weight excluding hydrogens is 345 g/mol. The smallest absolute Gasteiger partial charge is 0.337 e. The van der Waals surface area contributed by atoms with Gasteiger partial charge in [-0.25, -0.2) is 9.18 Å². The summed E-state index contributed by atoms with van der Waals surface area (Å²) in [5, 5.41) is 10.1. The lowest BCUT2D eigenvalue weighted by Crippen LogP contribution is -2.46. The maximum Gasteiger partial charge on any atom is 0.337 e. The Balaban J connectivity index is 1.69. The molecule has 0 amide bonds. The van der Waals surface area contributed by atoms with Crippen LogP contribution in [-0.4, -0.2) is 42.8 Å². The number of methoxy groups -OCH3 is 1. The number of hydrogen-bond donors (Lipinski definition) is 1. The quantitative estimate of drug-likeness (QED) is 0.791. The van der Waals surface area contributed by atoms with Crippen molar-refractivity contribution in [2.75, 3.05) is 26.8 Å². The van der Waals surface area contributed by atoms with Gasteiger partial charge in [-0.1, -0.05) is 30.3 Å². The van der Waals surface area contributed by atoms with Gasteiger partial charge in [0.2, 0.25) is 0 Å². The molecule has 1 aliphatic heterocycles. The first kappa shape index (κ1) is 19.5. The fourth-order valence-corrected chi connectivity index (χ4v) is 3.94. The summed E-state index contributed by atoms with van der Waals surface area (Å²) in [6, 6.07) is 14.2. The SMILES string of the molecule is COC(=O)c1ccc(CN2CCC[C@](CO)(Cc3ccccc3F)C2)cc1. The molecule has 2 aromatic carbocycles. The average molecular weight is 371 g/mol. The molecule has 0 radical (unpaired) electrons. The van der Waals surface area contributed by atoms with Crippen molar-refractivity contribution in [1.82, 2.24) is 4.90 Å². The highest BCUT2D eigenvalue weighted by Crippen LogP contribution is 2.34. The number of aliphatic hydroxyl groups excluding tert-OH is 1. The van der Waals surface area contributed by atoms with Crippen molar-refractivity contribution in [1.29, 1.82) is 0 Å². The topological polar surface area (TPSA) is 49.8 Å². The van der Waals surface area contributed by atoms with Crippen LogP contribution in [0, 0.1) is 11.2 Å². The van der Waals surface area contributed by atoms with Crippen molar-refractivity contribution in [3.05, 3.63) is 71.0 Å². The number of ether oxygens (including phenoxy) is 1. The number of carbonyl (C=O) groups is 1. The summed E-state index contributed by atoms with van der Waals surface area (Å²) in [6.45, 7) is 2.44. The third kappa shape index (κ3) is 4.73. The summed E-state index contributed by atoms with van der Waals surface area (Å²) in [7, 11) is 1.37. The normalized spacial score (nSPS) is 20.4. The second-order valence-corrected chi connectivity index (χ2v) is 7.43. The van der Waals surface area contributed by atoms with Gasteiger partial charge >= 0.3 is 5.97 Å². The maximum absolute atomic E-state index is 14.1.